The molecule has 0 amide bonds. The van der Waals surface area contributed by atoms with Crippen molar-refractivity contribution in [3.63, 3.8) is 0 Å². The smallest absolute Gasteiger partial charge is 0.208 e. The molecule has 3 N–H and O–H groups in total. The molecule has 0 spiro atoms. The highest BCUT2D eigenvalue weighted by Gasteiger charge is 2.14. The molecule has 1 aliphatic carbocycles. The van der Waals surface area contributed by atoms with Gasteiger partial charge in [-0.15, -0.1) is 0 Å². The van der Waals surface area contributed by atoms with E-state index in [0.717, 1.165) is 13.0 Å². The molecule has 1 heterocycles. The van der Waals surface area contributed by atoms with Crippen molar-refractivity contribution < 1.29 is 13.2 Å². The molecule has 0 radical (unpaired) electrons. The van der Waals surface area contributed by atoms with Gasteiger partial charge in [0.2, 0.25) is 10.0 Å². The second-order valence-corrected chi connectivity index (χ2v) is 7.68. The Labute approximate surface area is 123 Å². The monoisotopic (exact) mass is 306 g/mol. The van der Waals surface area contributed by atoms with E-state index in [4.69, 9.17) is 10.5 Å². The van der Waals surface area contributed by atoms with Crippen LogP contribution in [0.25, 0.3) is 0 Å². The third-order valence-corrected chi connectivity index (χ3v) is 4.59. The summed E-state index contributed by atoms with van der Waals surface area (Å²) in [5.41, 5.74) is 5.38. The van der Waals surface area contributed by atoms with Gasteiger partial charge in [0.25, 0.3) is 0 Å². The summed E-state index contributed by atoms with van der Waals surface area (Å²) in [5.74, 6) is 0.577. The Morgan fingerprint density at radius 2 is 1.75 bits per heavy atom. The first kappa shape index (κ1) is 17.9. The van der Waals surface area contributed by atoms with Crippen LogP contribution in [0.1, 0.15) is 51.4 Å². The Balaban J connectivity index is 0.000000217. The molecule has 2 rings (SSSR count). The molecule has 6 heteroatoms. The summed E-state index contributed by atoms with van der Waals surface area (Å²) >= 11 is 0. The van der Waals surface area contributed by atoms with Gasteiger partial charge in [0, 0.05) is 19.7 Å². The molecule has 20 heavy (non-hydrogen) atoms. The minimum Gasteiger partial charge on any atom is -0.377 e. The zero-order valence-corrected chi connectivity index (χ0v) is 13.5. The van der Waals surface area contributed by atoms with Crippen molar-refractivity contribution in [3.05, 3.63) is 0 Å². The van der Waals surface area contributed by atoms with Crippen LogP contribution in [0.2, 0.25) is 0 Å². The highest BCUT2D eigenvalue weighted by molar-refractivity contribution is 7.88. The topological polar surface area (TPSA) is 81.4 Å². The molecule has 0 aromatic carbocycles. The van der Waals surface area contributed by atoms with Crippen LogP contribution in [0.15, 0.2) is 0 Å². The van der Waals surface area contributed by atoms with Gasteiger partial charge in [-0.3, -0.25) is 0 Å². The second kappa shape index (κ2) is 9.71. The van der Waals surface area contributed by atoms with Crippen LogP contribution < -0.4 is 10.5 Å². The van der Waals surface area contributed by atoms with Crippen LogP contribution in [0.5, 0.6) is 0 Å². The predicted octanol–water partition coefficient (Wildman–Crippen LogP) is 1.63. The number of hydrogen-bond acceptors (Lipinski definition) is 4. The quantitative estimate of drug-likeness (QED) is 0.827. The van der Waals surface area contributed by atoms with Crippen LogP contribution >= 0.6 is 0 Å². The van der Waals surface area contributed by atoms with Gasteiger partial charge in [0.1, 0.15) is 0 Å². The number of hydrogen-bond donors (Lipinski definition) is 2. The normalized spacial score (nSPS) is 24.8. The fraction of sp³-hybridized carbons (Fsp3) is 1.00. The summed E-state index contributed by atoms with van der Waals surface area (Å²) in [6.07, 6.45) is 11.5. The van der Waals surface area contributed by atoms with E-state index in [1.807, 2.05) is 0 Å². The Morgan fingerprint density at radius 3 is 2.20 bits per heavy atom. The molecule has 0 aromatic heterocycles. The van der Waals surface area contributed by atoms with Gasteiger partial charge in [-0.05, 0) is 38.0 Å². The molecule has 1 saturated carbocycles. The number of sulfonamides is 1. The molecule has 1 saturated heterocycles. The molecule has 2 aliphatic rings. The highest BCUT2D eigenvalue weighted by Crippen LogP contribution is 2.22. The summed E-state index contributed by atoms with van der Waals surface area (Å²) in [5, 5.41) is 0. The van der Waals surface area contributed by atoms with Crippen LogP contribution in [0.3, 0.4) is 0 Å². The largest absolute Gasteiger partial charge is 0.377 e. The minimum atomic E-state index is -2.97. The molecule has 0 bridgehead atoms. The lowest BCUT2D eigenvalue weighted by atomic mass is 9.90. The second-order valence-electron chi connectivity index (χ2n) is 5.85. The van der Waals surface area contributed by atoms with E-state index in [2.05, 4.69) is 4.72 Å². The maximum absolute atomic E-state index is 10.8. The van der Waals surface area contributed by atoms with Crippen molar-refractivity contribution in [2.75, 3.05) is 26.0 Å². The average Bonchev–Trinajstić information content (AvgIpc) is 2.47. The number of rotatable bonds is 4. The van der Waals surface area contributed by atoms with Gasteiger partial charge in [-0.1, -0.05) is 19.3 Å². The van der Waals surface area contributed by atoms with E-state index in [1.165, 1.54) is 51.2 Å². The third kappa shape index (κ3) is 8.89. The predicted molar refractivity (Wildman–Crippen MR) is 82.1 cm³/mol. The van der Waals surface area contributed by atoms with Crippen molar-refractivity contribution in [2.24, 2.45) is 11.7 Å². The first-order valence-corrected chi connectivity index (χ1v) is 9.66. The van der Waals surface area contributed by atoms with Gasteiger partial charge in [-0.2, -0.15) is 0 Å². The molecular formula is C14H30N2O3S. The van der Waals surface area contributed by atoms with Crippen molar-refractivity contribution in [1.82, 2.24) is 4.72 Å². The zero-order valence-electron chi connectivity index (χ0n) is 12.6. The van der Waals surface area contributed by atoms with Crippen molar-refractivity contribution in [1.29, 1.82) is 0 Å². The van der Waals surface area contributed by atoms with Gasteiger partial charge in [-0.25, -0.2) is 13.1 Å². The number of ether oxygens (including phenoxy) is 1. The number of nitrogens with one attached hydrogen (secondary N) is 1. The Hall–Kier alpha value is -0.170. The van der Waals surface area contributed by atoms with Crippen molar-refractivity contribution in [2.45, 2.75) is 57.5 Å². The molecule has 1 aliphatic heterocycles. The fourth-order valence-corrected chi connectivity index (χ4v) is 3.19. The lowest BCUT2D eigenvalue weighted by Crippen LogP contribution is -2.29. The fourth-order valence-electron chi connectivity index (χ4n) is 2.65. The standard InChI is InChI=1S/C8H17NO2S.C6H13NO/c1-12(10,11)9-7-8-5-3-2-4-6-8;7-5-6-3-1-2-4-8-6/h8-9H,2-7H2,1H3;6H,1-5,7H2/t;6-/m.0/s1. The Morgan fingerprint density at radius 1 is 1.10 bits per heavy atom. The van der Waals surface area contributed by atoms with Gasteiger partial charge < -0.3 is 10.5 Å². The summed E-state index contributed by atoms with van der Waals surface area (Å²) < 4.78 is 29.4. The molecule has 0 unspecified atom stereocenters. The Kier molecular flexibility index (Phi) is 8.68. The van der Waals surface area contributed by atoms with Crippen LogP contribution in [0.4, 0.5) is 0 Å². The van der Waals surface area contributed by atoms with E-state index in [-0.39, 0.29) is 0 Å². The molecule has 1 atom stereocenters. The van der Waals surface area contributed by atoms with Crippen molar-refractivity contribution >= 4 is 10.0 Å². The molecule has 5 nitrogen and oxygen atoms in total. The lowest BCUT2D eigenvalue weighted by molar-refractivity contribution is 0.0222. The van der Waals surface area contributed by atoms with Crippen molar-refractivity contribution in [3.8, 4) is 0 Å². The molecule has 2 fully saturated rings. The van der Waals surface area contributed by atoms with Gasteiger partial charge >= 0.3 is 0 Å². The van der Waals surface area contributed by atoms with E-state index in [0.29, 0.717) is 25.1 Å². The summed E-state index contributed by atoms with van der Waals surface area (Å²) in [6, 6.07) is 0. The van der Waals surface area contributed by atoms with Gasteiger partial charge in [0.15, 0.2) is 0 Å². The van der Waals surface area contributed by atoms with Crippen LogP contribution in [-0.4, -0.2) is 40.5 Å². The molecular weight excluding hydrogens is 276 g/mol. The SMILES string of the molecule is CS(=O)(=O)NCC1CCCCC1.NC[C@@H]1CCCCO1. The zero-order chi connectivity index (χ0) is 14.8. The maximum Gasteiger partial charge on any atom is 0.208 e. The van der Waals surface area contributed by atoms with E-state index >= 15 is 0 Å². The molecule has 120 valence electrons. The van der Waals surface area contributed by atoms with Crippen LogP contribution in [0, 0.1) is 5.92 Å². The van der Waals surface area contributed by atoms with Gasteiger partial charge in [0.05, 0.1) is 12.4 Å². The summed E-state index contributed by atoms with van der Waals surface area (Å²) in [4.78, 5) is 0. The van der Waals surface area contributed by atoms with E-state index < -0.39 is 10.0 Å². The summed E-state index contributed by atoms with van der Waals surface area (Å²) in [7, 11) is -2.97. The first-order valence-electron chi connectivity index (χ1n) is 7.77. The summed E-state index contributed by atoms with van der Waals surface area (Å²) in [6.45, 7) is 2.25. The average molecular weight is 306 g/mol. The maximum atomic E-state index is 10.8. The van der Waals surface area contributed by atoms with E-state index in [1.54, 1.807) is 0 Å². The highest BCUT2D eigenvalue weighted by atomic mass is 32.2. The lowest BCUT2D eigenvalue weighted by Gasteiger charge is -2.21. The Bertz CT molecular complexity index is 334. The third-order valence-electron chi connectivity index (χ3n) is 3.90. The van der Waals surface area contributed by atoms with Crippen LogP contribution in [-0.2, 0) is 14.8 Å². The minimum absolute atomic E-state index is 0.365. The first-order chi connectivity index (χ1) is 9.51. The number of nitrogens with two attached hydrogens (primary N) is 1. The van der Waals surface area contributed by atoms with E-state index in [9.17, 15) is 8.42 Å². The molecule has 0 aromatic rings.